The molecule has 1 aliphatic carbocycles. The monoisotopic (exact) mass is 280 g/mol. The molecule has 0 spiro atoms. The van der Waals surface area contributed by atoms with Crippen molar-refractivity contribution in [3.8, 4) is 0 Å². The van der Waals surface area contributed by atoms with Crippen molar-refractivity contribution in [3.63, 3.8) is 0 Å². The first kappa shape index (κ1) is 14.7. The van der Waals surface area contributed by atoms with Gasteiger partial charge in [0.05, 0.1) is 18.1 Å². The van der Waals surface area contributed by atoms with E-state index in [4.69, 9.17) is 0 Å². The molecule has 0 amide bonds. The lowest BCUT2D eigenvalue weighted by atomic mass is 10.1. The summed E-state index contributed by atoms with van der Waals surface area (Å²) in [5.41, 5.74) is 1.31. The van der Waals surface area contributed by atoms with E-state index in [-0.39, 0.29) is 18.9 Å². The topological polar surface area (TPSA) is 86.8 Å². The summed E-state index contributed by atoms with van der Waals surface area (Å²) in [6.07, 6.45) is 4.44. The average Bonchev–Trinajstić information content (AvgIpc) is 2.98. The van der Waals surface area contributed by atoms with Crippen molar-refractivity contribution in [1.82, 2.24) is 0 Å². The predicted octanol–water partition coefficient (Wildman–Crippen LogP) is 1.83. The van der Waals surface area contributed by atoms with Crippen molar-refractivity contribution in [2.24, 2.45) is 0 Å². The van der Waals surface area contributed by atoms with E-state index in [0.717, 1.165) is 31.4 Å². The van der Waals surface area contributed by atoms with Gasteiger partial charge in [-0.1, -0.05) is 12.8 Å². The van der Waals surface area contributed by atoms with Crippen LogP contribution in [0.4, 0.5) is 11.4 Å². The van der Waals surface area contributed by atoms with E-state index in [2.05, 4.69) is 4.90 Å². The van der Waals surface area contributed by atoms with Crippen molar-refractivity contribution in [2.45, 2.75) is 38.3 Å². The molecule has 0 bridgehead atoms. The van der Waals surface area contributed by atoms with E-state index >= 15 is 0 Å². The Balaban J connectivity index is 2.33. The lowest BCUT2D eigenvalue weighted by Crippen LogP contribution is -2.36. The quantitative estimate of drug-likeness (QED) is 0.613. The third kappa shape index (κ3) is 3.08. The van der Waals surface area contributed by atoms with Crippen LogP contribution in [0.25, 0.3) is 0 Å². The van der Waals surface area contributed by atoms with Crippen molar-refractivity contribution in [3.05, 3.63) is 33.9 Å². The van der Waals surface area contributed by atoms with Gasteiger partial charge in [-0.25, -0.2) is 0 Å². The summed E-state index contributed by atoms with van der Waals surface area (Å²) in [6.45, 7) is 0.263. The molecule has 0 aromatic heterocycles. The number of non-ortho nitro benzene ring substituents is 1. The Kier molecular flexibility index (Phi) is 4.92. The normalized spacial score (nSPS) is 15.5. The molecule has 1 saturated carbocycles. The number of rotatable bonds is 6. The predicted molar refractivity (Wildman–Crippen MR) is 75.7 cm³/mol. The second kappa shape index (κ2) is 6.67. The Bertz CT molecular complexity index is 472. The van der Waals surface area contributed by atoms with Crippen LogP contribution in [0.1, 0.15) is 31.2 Å². The second-order valence-corrected chi connectivity index (χ2v) is 5.08. The van der Waals surface area contributed by atoms with Crippen LogP contribution in [0.15, 0.2) is 18.2 Å². The number of hydrogen-bond donors (Lipinski definition) is 2. The highest BCUT2D eigenvalue weighted by Gasteiger charge is 2.25. The molecule has 1 aliphatic rings. The standard InChI is InChI=1S/C14H20N2O4/c17-8-7-15(12-3-1-2-4-12)14-6-5-13(16(19)20)9-11(14)10-18/h5-6,9,12,17-18H,1-4,7-8,10H2. The summed E-state index contributed by atoms with van der Waals surface area (Å²) in [7, 11) is 0. The second-order valence-electron chi connectivity index (χ2n) is 5.08. The Morgan fingerprint density at radius 3 is 2.55 bits per heavy atom. The maximum absolute atomic E-state index is 10.8. The van der Waals surface area contributed by atoms with Gasteiger partial charge in [0.15, 0.2) is 0 Å². The van der Waals surface area contributed by atoms with Gasteiger partial charge in [0.2, 0.25) is 0 Å². The van der Waals surface area contributed by atoms with Crippen LogP contribution < -0.4 is 4.90 Å². The number of nitro benzene ring substituents is 1. The summed E-state index contributed by atoms with van der Waals surface area (Å²) < 4.78 is 0. The molecule has 2 N–H and O–H groups in total. The molecular weight excluding hydrogens is 260 g/mol. The minimum atomic E-state index is -0.463. The van der Waals surface area contributed by atoms with Gasteiger partial charge < -0.3 is 15.1 Å². The lowest BCUT2D eigenvalue weighted by Gasteiger charge is -2.32. The third-order valence-electron chi connectivity index (χ3n) is 3.86. The van der Waals surface area contributed by atoms with Gasteiger partial charge in [-0.05, 0) is 18.9 Å². The number of benzene rings is 1. The highest BCUT2D eigenvalue weighted by molar-refractivity contribution is 5.58. The molecule has 6 nitrogen and oxygen atoms in total. The van der Waals surface area contributed by atoms with Gasteiger partial charge in [0.1, 0.15) is 0 Å². The smallest absolute Gasteiger partial charge is 0.269 e. The van der Waals surface area contributed by atoms with E-state index in [0.29, 0.717) is 18.2 Å². The number of anilines is 1. The zero-order valence-electron chi connectivity index (χ0n) is 11.4. The third-order valence-corrected chi connectivity index (χ3v) is 3.86. The van der Waals surface area contributed by atoms with Crippen LogP contribution in [0, 0.1) is 10.1 Å². The van der Waals surface area contributed by atoms with Crippen LogP contribution in [0.3, 0.4) is 0 Å². The van der Waals surface area contributed by atoms with Crippen molar-refractivity contribution in [2.75, 3.05) is 18.1 Å². The fourth-order valence-corrected chi connectivity index (χ4v) is 2.92. The van der Waals surface area contributed by atoms with Crippen molar-refractivity contribution >= 4 is 11.4 Å². The summed E-state index contributed by atoms with van der Waals surface area (Å²) in [5, 5.41) is 29.5. The summed E-state index contributed by atoms with van der Waals surface area (Å²) in [5.74, 6) is 0. The van der Waals surface area contributed by atoms with E-state index in [9.17, 15) is 20.3 Å². The Labute approximate surface area is 117 Å². The fourth-order valence-electron chi connectivity index (χ4n) is 2.92. The minimum absolute atomic E-state index is 0.0202. The van der Waals surface area contributed by atoms with Crippen LogP contribution >= 0.6 is 0 Å². The molecule has 1 aromatic carbocycles. The maximum atomic E-state index is 10.8. The van der Waals surface area contributed by atoms with E-state index in [1.807, 2.05) is 0 Å². The molecule has 6 heteroatoms. The van der Waals surface area contributed by atoms with Gasteiger partial charge in [-0.2, -0.15) is 0 Å². The molecule has 1 aromatic rings. The van der Waals surface area contributed by atoms with Gasteiger partial charge in [-0.3, -0.25) is 10.1 Å². The molecule has 0 radical (unpaired) electrons. The molecule has 1 fully saturated rings. The van der Waals surface area contributed by atoms with Gasteiger partial charge in [0.25, 0.3) is 5.69 Å². The number of nitro groups is 1. The summed E-state index contributed by atoms with van der Waals surface area (Å²) in [4.78, 5) is 12.4. The highest BCUT2D eigenvalue weighted by Crippen LogP contribution is 2.32. The van der Waals surface area contributed by atoms with Gasteiger partial charge in [0, 0.05) is 36.0 Å². The SMILES string of the molecule is O=[N+]([O-])c1ccc(N(CCO)C2CCCC2)c(CO)c1. The van der Waals surface area contributed by atoms with E-state index in [1.54, 1.807) is 6.07 Å². The Morgan fingerprint density at radius 2 is 2.00 bits per heavy atom. The largest absolute Gasteiger partial charge is 0.395 e. The maximum Gasteiger partial charge on any atom is 0.269 e. The number of aliphatic hydroxyl groups is 2. The zero-order chi connectivity index (χ0) is 14.5. The first-order chi connectivity index (χ1) is 9.67. The molecule has 0 heterocycles. The van der Waals surface area contributed by atoms with E-state index in [1.165, 1.54) is 12.1 Å². The molecule has 0 aliphatic heterocycles. The van der Waals surface area contributed by atoms with Gasteiger partial charge >= 0.3 is 0 Å². The number of nitrogens with zero attached hydrogens (tertiary/aromatic N) is 2. The molecule has 2 rings (SSSR count). The first-order valence-corrected chi connectivity index (χ1v) is 6.93. The summed E-state index contributed by atoms with van der Waals surface area (Å²) >= 11 is 0. The zero-order valence-corrected chi connectivity index (χ0v) is 11.4. The Hall–Kier alpha value is -1.66. The average molecular weight is 280 g/mol. The van der Waals surface area contributed by atoms with E-state index < -0.39 is 4.92 Å². The van der Waals surface area contributed by atoms with Crippen molar-refractivity contribution in [1.29, 1.82) is 0 Å². The minimum Gasteiger partial charge on any atom is -0.395 e. The van der Waals surface area contributed by atoms with Crippen molar-refractivity contribution < 1.29 is 15.1 Å². The Morgan fingerprint density at radius 1 is 1.30 bits per heavy atom. The van der Waals surface area contributed by atoms with Crippen LogP contribution in [0.5, 0.6) is 0 Å². The fraction of sp³-hybridized carbons (Fsp3) is 0.571. The molecule has 20 heavy (non-hydrogen) atoms. The lowest BCUT2D eigenvalue weighted by molar-refractivity contribution is -0.384. The molecule has 0 unspecified atom stereocenters. The molecule has 110 valence electrons. The van der Waals surface area contributed by atoms with Crippen LogP contribution in [-0.4, -0.2) is 34.3 Å². The first-order valence-electron chi connectivity index (χ1n) is 6.93. The van der Waals surface area contributed by atoms with Crippen LogP contribution in [-0.2, 0) is 6.61 Å². The summed E-state index contributed by atoms with van der Waals surface area (Å²) in [6, 6.07) is 4.88. The number of hydrogen-bond acceptors (Lipinski definition) is 5. The highest BCUT2D eigenvalue weighted by atomic mass is 16.6. The molecular formula is C14H20N2O4. The molecule has 0 atom stereocenters. The van der Waals surface area contributed by atoms with Gasteiger partial charge in [-0.15, -0.1) is 0 Å². The van der Waals surface area contributed by atoms with Crippen LogP contribution in [0.2, 0.25) is 0 Å². The molecule has 0 saturated heterocycles. The number of aliphatic hydroxyl groups excluding tert-OH is 2.